The van der Waals surface area contributed by atoms with E-state index in [1.165, 1.54) is 0 Å². The molecule has 0 radical (unpaired) electrons. The molecule has 0 amide bonds. The Kier molecular flexibility index (Phi) is 7.10. The molecule has 2 heterocycles. The van der Waals surface area contributed by atoms with Gasteiger partial charge >= 0.3 is 0 Å². The summed E-state index contributed by atoms with van der Waals surface area (Å²) in [5, 5.41) is 6.56. The fraction of sp³-hybridized carbons (Fsp3) is 0.160. The third-order valence-corrected chi connectivity index (χ3v) is 4.73. The Morgan fingerprint density at radius 2 is 1.69 bits per heavy atom. The van der Waals surface area contributed by atoms with Crippen LogP contribution in [0.4, 0.5) is 0 Å². The Labute approximate surface area is 187 Å². The van der Waals surface area contributed by atoms with Gasteiger partial charge in [-0.05, 0) is 42.0 Å². The van der Waals surface area contributed by atoms with E-state index in [9.17, 15) is 0 Å². The minimum Gasteiger partial charge on any atom is -0.487 e. The number of benzene rings is 2. The average Bonchev–Trinajstić information content (AvgIpc) is 3.34. The number of guanidine groups is 1. The van der Waals surface area contributed by atoms with Crippen molar-refractivity contribution in [3.63, 3.8) is 0 Å². The van der Waals surface area contributed by atoms with Gasteiger partial charge in [0.05, 0.1) is 17.9 Å². The van der Waals surface area contributed by atoms with E-state index >= 15 is 0 Å². The maximum atomic E-state index is 5.78. The maximum absolute atomic E-state index is 5.78. The zero-order valence-corrected chi connectivity index (χ0v) is 17.9. The lowest BCUT2D eigenvalue weighted by molar-refractivity contribution is 0.301. The molecule has 2 aromatic carbocycles. The Morgan fingerprint density at radius 3 is 2.44 bits per heavy atom. The van der Waals surface area contributed by atoms with Crippen LogP contribution in [0.15, 0.2) is 94.7 Å². The van der Waals surface area contributed by atoms with Crippen molar-refractivity contribution in [3.05, 3.63) is 102 Å². The van der Waals surface area contributed by atoms with Gasteiger partial charge < -0.3 is 19.8 Å². The molecule has 4 aromatic rings. The predicted octanol–water partition coefficient (Wildman–Crippen LogP) is 4.18. The first kappa shape index (κ1) is 21.1. The molecule has 0 saturated carbocycles. The van der Waals surface area contributed by atoms with Crippen molar-refractivity contribution in [2.45, 2.75) is 19.7 Å². The van der Waals surface area contributed by atoms with Crippen LogP contribution in [0.5, 0.6) is 5.75 Å². The number of pyridine rings is 1. The molecule has 0 aliphatic rings. The number of aliphatic imine (C=N–C) groups is 1. The second-order valence-electron chi connectivity index (χ2n) is 7.04. The minimum absolute atomic E-state index is 0.447. The lowest BCUT2D eigenvalue weighted by Gasteiger charge is -2.11. The molecule has 0 bridgehead atoms. The van der Waals surface area contributed by atoms with Gasteiger partial charge in [-0.3, -0.25) is 9.98 Å². The summed E-state index contributed by atoms with van der Waals surface area (Å²) in [5.41, 5.74) is 3.77. The van der Waals surface area contributed by atoms with Gasteiger partial charge in [0.15, 0.2) is 5.96 Å². The van der Waals surface area contributed by atoms with Crippen LogP contribution in [-0.2, 0) is 19.7 Å². The maximum Gasteiger partial charge on any atom is 0.226 e. The first-order valence-corrected chi connectivity index (χ1v) is 10.4. The summed E-state index contributed by atoms with van der Waals surface area (Å²) < 4.78 is 11.4. The van der Waals surface area contributed by atoms with Crippen molar-refractivity contribution in [1.82, 2.24) is 20.6 Å². The van der Waals surface area contributed by atoms with Gasteiger partial charge in [-0.2, -0.15) is 0 Å². The Bertz CT molecular complexity index is 1130. The predicted molar refractivity (Wildman–Crippen MR) is 124 cm³/mol. The average molecular weight is 428 g/mol. The molecule has 0 aliphatic heterocycles. The molecule has 2 aromatic heterocycles. The molecule has 0 spiro atoms. The summed E-state index contributed by atoms with van der Waals surface area (Å²) in [6.45, 7) is 1.59. The van der Waals surface area contributed by atoms with Crippen molar-refractivity contribution < 1.29 is 9.15 Å². The largest absolute Gasteiger partial charge is 0.487 e. The fourth-order valence-electron chi connectivity index (χ4n) is 3.03. The van der Waals surface area contributed by atoms with E-state index in [1.54, 1.807) is 19.5 Å². The molecule has 0 atom stereocenters. The van der Waals surface area contributed by atoms with Gasteiger partial charge in [0.2, 0.25) is 5.89 Å². The zero-order chi connectivity index (χ0) is 22.0. The SMILES string of the molecule is CN=C(NCc1ccc(OCc2ccccn2)cc1)NCc1coc(-c2ccccc2)n1. The summed E-state index contributed by atoms with van der Waals surface area (Å²) in [4.78, 5) is 13.1. The van der Waals surface area contributed by atoms with Crippen LogP contribution in [-0.4, -0.2) is 23.0 Å². The van der Waals surface area contributed by atoms with Crippen LogP contribution in [0.25, 0.3) is 11.5 Å². The standard InChI is InChI=1S/C25H25N5O2/c1-26-25(29-16-22-18-32-24(30-22)20-7-3-2-4-8-20)28-15-19-10-12-23(13-11-19)31-17-21-9-5-6-14-27-21/h2-14,18H,15-17H2,1H3,(H2,26,28,29). The molecule has 4 rings (SSSR count). The van der Waals surface area contributed by atoms with E-state index in [1.807, 2.05) is 72.8 Å². The van der Waals surface area contributed by atoms with Gasteiger partial charge in [-0.1, -0.05) is 36.4 Å². The second kappa shape index (κ2) is 10.8. The van der Waals surface area contributed by atoms with Gasteiger partial charge in [0.25, 0.3) is 0 Å². The number of nitrogens with one attached hydrogen (secondary N) is 2. The first-order chi connectivity index (χ1) is 15.8. The van der Waals surface area contributed by atoms with E-state index < -0.39 is 0 Å². The second-order valence-corrected chi connectivity index (χ2v) is 7.04. The van der Waals surface area contributed by atoms with Crippen LogP contribution in [0.2, 0.25) is 0 Å². The number of nitrogens with zero attached hydrogens (tertiary/aromatic N) is 3. The van der Waals surface area contributed by atoms with Crippen LogP contribution in [0, 0.1) is 0 Å². The van der Waals surface area contributed by atoms with E-state index in [2.05, 4.69) is 25.6 Å². The van der Waals surface area contributed by atoms with E-state index in [0.29, 0.717) is 31.5 Å². The number of rotatable bonds is 8. The number of oxazole rings is 1. The normalized spacial score (nSPS) is 11.2. The number of hydrogen-bond donors (Lipinski definition) is 2. The zero-order valence-electron chi connectivity index (χ0n) is 17.9. The monoisotopic (exact) mass is 427 g/mol. The van der Waals surface area contributed by atoms with Crippen molar-refractivity contribution in [1.29, 1.82) is 0 Å². The summed E-state index contributed by atoms with van der Waals surface area (Å²) >= 11 is 0. The van der Waals surface area contributed by atoms with E-state index in [0.717, 1.165) is 28.3 Å². The molecule has 0 saturated heterocycles. The van der Waals surface area contributed by atoms with E-state index in [-0.39, 0.29) is 0 Å². The molecule has 7 heteroatoms. The van der Waals surface area contributed by atoms with Crippen LogP contribution in [0.3, 0.4) is 0 Å². The van der Waals surface area contributed by atoms with Crippen molar-refractivity contribution in [3.8, 4) is 17.2 Å². The van der Waals surface area contributed by atoms with Crippen LogP contribution < -0.4 is 15.4 Å². The molecule has 7 nitrogen and oxygen atoms in total. The smallest absolute Gasteiger partial charge is 0.226 e. The number of ether oxygens (including phenoxy) is 1. The third-order valence-electron chi connectivity index (χ3n) is 4.73. The summed E-state index contributed by atoms with van der Waals surface area (Å²) in [6, 6.07) is 23.6. The molecular weight excluding hydrogens is 402 g/mol. The topological polar surface area (TPSA) is 84.6 Å². The highest BCUT2D eigenvalue weighted by Crippen LogP contribution is 2.18. The minimum atomic E-state index is 0.447. The lowest BCUT2D eigenvalue weighted by Crippen LogP contribution is -2.36. The first-order valence-electron chi connectivity index (χ1n) is 10.4. The molecule has 2 N–H and O–H groups in total. The van der Waals surface area contributed by atoms with Gasteiger partial charge in [0.1, 0.15) is 18.6 Å². The van der Waals surface area contributed by atoms with Crippen molar-refractivity contribution in [2.75, 3.05) is 7.05 Å². The van der Waals surface area contributed by atoms with E-state index in [4.69, 9.17) is 9.15 Å². The number of aromatic nitrogens is 2. The quantitative estimate of drug-likeness (QED) is 0.324. The molecule has 0 aliphatic carbocycles. The Morgan fingerprint density at radius 1 is 0.906 bits per heavy atom. The van der Waals surface area contributed by atoms with Gasteiger partial charge in [-0.15, -0.1) is 0 Å². The highest BCUT2D eigenvalue weighted by Gasteiger charge is 2.07. The summed E-state index contributed by atoms with van der Waals surface area (Å²) in [6.07, 6.45) is 3.42. The molecule has 32 heavy (non-hydrogen) atoms. The number of hydrogen-bond acceptors (Lipinski definition) is 5. The molecule has 0 unspecified atom stereocenters. The van der Waals surface area contributed by atoms with Crippen molar-refractivity contribution in [2.24, 2.45) is 4.99 Å². The van der Waals surface area contributed by atoms with Gasteiger partial charge in [-0.25, -0.2) is 4.98 Å². The highest BCUT2D eigenvalue weighted by atomic mass is 16.5. The van der Waals surface area contributed by atoms with Crippen LogP contribution in [0.1, 0.15) is 17.0 Å². The summed E-state index contributed by atoms with van der Waals surface area (Å²) in [7, 11) is 1.74. The van der Waals surface area contributed by atoms with Crippen molar-refractivity contribution >= 4 is 5.96 Å². The Hall–Kier alpha value is -4.13. The fourth-order valence-corrected chi connectivity index (χ4v) is 3.03. The molecular formula is C25H25N5O2. The third kappa shape index (κ3) is 5.95. The summed E-state index contributed by atoms with van der Waals surface area (Å²) in [5.74, 6) is 2.10. The Balaban J connectivity index is 1.23. The molecule has 162 valence electrons. The highest BCUT2D eigenvalue weighted by molar-refractivity contribution is 5.79. The van der Waals surface area contributed by atoms with Crippen LogP contribution >= 0.6 is 0 Å². The van der Waals surface area contributed by atoms with Gasteiger partial charge in [0, 0.05) is 25.4 Å². The molecule has 0 fully saturated rings. The lowest BCUT2D eigenvalue weighted by atomic mass is 10.2.